The van der Waals surface area contributed by atoms with Crippen LogP contribution in [0.4, 0.5) is 5.82 Å². The predicted octanol–water partition coefficient (Wildman–Crippen LogP) is 1.44. The quantitative estimate of drug-likeness (QED) is 0.800. The number of hydrogen-bond acceptors (Lipinski definition) is 3. The molecule has 1 aliphatic carbocycles. The normalized spacial score (nSPS) is 31.7. The van der Waals surface area contributed by atoms with E-state index in [1.54, 1.807) is 0 Å². The van der Waals surface area contributed by atoms with Crippen LogP contribution in [-0.2, 0) is 0 Å². The first-order valence-electron chi connectivity index (χ1n) is 5.24. The van der Waals surface area contributed by atoms with Gasteiger partial charge in [0.15, 0.2) is 0 Å². The highest BCUT2D eigenvalue weighted by Gasteiger charge is 2.52. The van der Waals surface area contributed by atoms with E-state index >= 15 is 0 Å². The highest BCUT2D eigenvalue weighted by Crippen LogP contribution is 2.43. The second-order valence-corrected chi connectivity index (χ2v) is 4.38. The molecule has 2 fully saturated rings. The lowest BCUT2D eigenvalue weighted by atomic mass is 10.3. The molecule has 3 atom stereocenters. The third-order valence-corrected chi connectivity index (χ3v) is 3.32. The number of hydrogen-bond donors (Lipinski definition) is 2. The number of aryl methyl sites for hydroxylation is 1. The van der Waals surface area contributed by atoms with Crippen molar-refractivity contribution in [2.75, 3.05) is 18.4 Å². The second-order valence-electron chi connectivity index (χ2n) is 4.38. The zero-order valence-corrected chi connectivity index (χ0v) is 9.55. The zero-order chi connectivity index (χ0) is 9.54. The summed E-state index contributed by atoms with van der Waals surface area (Å²) in [5, 5.41) is 6.88. The van der Waals surface area contributed by atoms with Gasteiger partial charge in [0, 0.05) is 25.3 Å². The van der Waals surface area contributed by atoms with Gasteiger partial charge in [0.1, 0.15) is 5.82 Å². The van der Waals surface area contributed by atoms with Crippen molar-refractivity contribution in [2.45, 2.75) is 13.0 Å². The molecule has 0 aromatic carbocycles. The Labute approximate surface area is 96.1 Å². The maximum absolute atomic E-state index is 4.35. The van der Waals surface area contributed by atoms with E-state index in [0.29, 0.717) is 6.04 Å². The number of rotatable bonds is 2. The summed E-state index contributed by atoms with van der Waals surface area (Å²) in [4.78, 5) is 4.35. The molecule has 2 aliphatic rings. The Hall–Kier alpha value is -0.800. The molecular weight excluding hydrogens is 210 g/mol. The smallest absolute Gasteiger partial charge is 0.126 e. The van der Waals surface area contributed by atoms with Crippen molar-refractivity contribution in [3.05, 3.63) is 23.9 Å². The Morgan fingerprint density at radius 1 is 1.33 bits per heavy atom. The maximum Gasteiger partial charge on any atom is 0.126 e. The first-order valence-corrected chi connectivity index (χ1v) is 5.24. The standard InChI is InChI=1S/C11H15N3.ClH/c1-7-2-3-10(13-4-7)14-11-8-5-12-6-9(8)11;/h2-4,8-9,11-12H,5-6H2,1H3,(H,13,14);1H/t8-,9+,11?;. The van der Waals surface area contributed by atoms with E-state index in [9.17, 15) is 0 Å². The van der Waals surface area contributed by atoms with Crippen LogP contribution < -0.4 is 10.6 Å². The predicted molar refractivity (Wildman–Crippen MR) is 63.5 cm³/mol. The highest BCUT2D eigenvalue weighted by atomic mass is 35.5. The summed E-state index contributed by atoms with van der Waals surface area (Å²) < 4.78 is 0. The van der Waals surface area contributed by atoms with Crippen molar-refractivity contribution in [2.24, 2.45) is 11.8 Å². The van der Waals surface area contributed by atoms with Crippen LogP contribution in [0.15, 0.2) is 18.3 Å². The van der Waals surface area contributed by atoms with Crippen LogP contribution >= 0.6 is 12.4 Å². The number of fused-ring (bicyclic) bond motifs is 1. The van der Waals surface area contributed by atoms with Gasteiger partial charge in [0.25, 0.3) is 0 Å². The largest absolute Gasteiger partial charge is 0.367 e. The summed E-state index contributed by atoms with van der Waals surface area (Å²) in [5.41, 5.74) is 1.22. The summed E-state index contributed by atoms with van der Waals surface area (Å²) in [5.74, 6) is 2.71. The lowest BCUT2D eigenvalue weighted by molar-refractivity contribution is 0.695. The maximum atomic E-state index is 4.35. The molecule has 1 unspecified atom stereocenters. The Bertz CT molecular complexity index is 328. The molecule has 2 N–H and O–H groups in total. The number of halogens is 1. The third kappa shape index (κ3) is 1.94. The van der Waals surface area contributed by atoms with Gasteiger partial charge in [0.05, 0.1) is 0 Å². The number of piperidine rings is 1. The van der Waals surface area contributed by atoms with Crippen LogP contribution in [0.5, 0.6) is 0 Å². The van der Waals surface area contributed by atoms with Gasteiger partial charge in [-0.3, -0.25) is 0 Å². The summed E-state index contributed by atoms with van der Waals surface area (Å²) in [6.07, 6.45) is 1.92. The van der Waals surface area contributed by atoms with Crippen molar-refractivity contribution in [1.29, 1.82) is 0 Å². The van der Waals surface area contributed by atoms with Crippen molar-refractivity contribution in [3.8, 4) is 0 Å². The lowest BCUT2D eigenvalue weighted by Crippen LogP contribution is -2.21. The molecule has 1 saturated heterocycles. The van der Waals surface area contributed by atoms with E-state index in [1.165, 1.54) is 18.7 Å². The molecule has 2 heterocycles. The first kappa shape index (κ1) is 10.7. The SMILES string of the molecule is Cc1ccc(NC2[C@H]3CNC[C@@H]23)nc1.Cl. The van der Waals surface area contributed by atoms with E-state index in [-0.39, 0.29) is 12.4 Å². The second kappa shape index (κ2) is 3.99. The number of nitrogens with one attached hydrogen (secondary N) is 2. The third-order valence-electron chi connectivity index (χ3n) is 3.32. The first-order chi connectivity index (χ1) is 6.84. The Morgan fingerprint density at radius 2 is 2.07 bits per heavy atom. The van der Waals surface area contributed by atoms with Gasteiger partial charge in [0.2, 0.25) is 0 Å². The van der Waals surface area contributed by atoms with Crippen LogP contribution in [0.25, 0.3) is 0 Å². The molecule has 15 heavy (non-hydrogen) atoms. The molecular formula is C11H16ClN3. The molecule has 1 aliphatic heterocycles. The van der Waals surface area contributed by atoms with Crippen molar-refractivity contribution >= 4 is 18.2 Å². The van der Waals surface area contributed by atoms with E-state index in [0.717, 1.165) is 17.7 Å². The number of nitrogens with zero attached hydrogens (tertiary/aromatic N) is 1. The molecule has 0 radical (unpaired) electrons. The fraction of sp³-hybridized carbons (Fsp3) is 0.545. The molecule has 0 amide bonds. The Balaban J connectivity index is 0.000000853. The summed E-state index contributed by atoms with van der Waals surface area (Å²) >= 11 is 0. The molecule has 0 spiro atoms. The molecule has 3 rings (SSSR count). The summed E-state index contributed by atoms with van der Waals surface area (Å²) in [6, 6.07) is 4.84. The number of anilines is 1. The number of aromatic nitrogens is 1. The topological polar surface area (TPSA) is 37.0 Å². The van der Waals surface area contributed by atoms with Gasteiger partial charge in [-0.2, -0.15) is 0 Å². The molecule has 1 aromatic heterocycles. The van der Waals surface area contributed by atoms with Gasteiger partial charge >= 0.3 is 0 Å². The van der Waals surface area contributed by atoms with Crippen LogP contribution in [-0.4, -0.2) is 24.1 Å². The lowest BCUT2D eigenvalue weighted by Gasteiger charge is -2.07. The van der Waals surface area contributed by atoms with Gasteiger partial charge < -0.3 is 10.6 Å². The summed E-state index contributed by atoms with van der Waals surface area (Å²) in [6.45, 7) is 4.41. The molecule has 1 saturated carbocycles. The van der Waals surface area contributed by atoms with Crippen LogP contribution in [0, 0.1) is 18.8 Å². The van der Waals surface area contributed by atoms with Crippen molar-refractivity contribution in [3.63, 3.8) is 0 Å². The van der Waals surface area contributed by atoms with Gasteiger partial charge in [-0.25, -0.2) is 4.98 Å². The van der Waals surface area contributed by atoms with E-state index in [2.05, 4.69) is 34.7 Å². The van der Waals surface area contributed by atoms with Gasteiger partial charge in [-0.15, -0.1) is 12.4 Å². The minimum atomic E-state index is 0. The minimum Gasteiger partial charge on any atom is -0.367 e. The fourth-order valence-corrected chi connectivity index (χ4v) is 2.36. The van der Waals surface area contributed by atoms with Crippen LogP contribution in [0.1, 0.15) is 5.56 Å². The monoisotopic (exact) mass is 225 g/mol. The molecule has 1 aromatic rings. The molecule has 82 valence electrons. The fourth-order valence-electron chi connectivity index (χ4n) is 2.36. The van der Waals surface area contributed by atoms with Crippen molar-refractivity contribution < 1.29 is 0 Å². The minimum absolute atomic E-state index is 0. The van der Waals surface area contributed by atoms with E-state index in [1.807, 2.05) is 6.20 Å². The summed E-state index contributed by atoms with van der Waals surface area (Å²) in [7, 11) is 0. The Kier molecular flexibility index (Phi) is 2.85. The van der Waals surface area contributed by atoms with Gasteiger partial charge in [-0.05, 0) is 30.4 Å². The Morgan fingerprint density at radius 3 is 2.67 bits per heavy atom. The molecule has 0 bridgehead atoms. The average molecular weight is 226 g/mol. The van der Waals surface area contributed by atoms with Crippen molar-refractivity contribution in [1.82, 2.24) is 10.3 Å². The average Bonchev–Trinajstić information content (AvgIpc) is 2.63. The van der Waals surface area contributed by atoms with E-state index < -0.39 is 0 Å². The highest BCUT2D eigenvalue weighted by molar-refractivity contribution is 5.85. The van der Waals surface area contributed by atoms with Crippen LogP contribution in [0.3, 0.4) is 0 Å². The van der Waals surface area contributed by atoms with Gasteiger partial charge in [-0.1, -0.05) is 6.07 Å². The number of pyridine rings is 1. The van der Waals surface area contributed by atoms with E-state index in [4.69, 9.17) is 0 Å². The zero-order valence-electron chi connectivity index (χ0n) is 8.73. The molecule has 3 nitrogen and oxygen atoms in total. The molecule has 4 heteroatoms. The van der Waals surface area contributed by atoms with Crippen LogP contribution in [0.2, 0.25) is 0 Å².